The van der Waals surface area contributed by atoms with Gasteiger partial charge in [0.15, 0.2) is 0 Å². The number of carbonyl (C=O) groups is 2. The molecular formula is C27H40O5. The fraction of sp³-hybridized carbons (Fsp3) is 0.778. The molecule has 5 heteroatoms. The van der Waals surface area contributed by atoms with E-state index in [9.17, 15) is 9.59 Å². The first-order valence-corrected chi connectivity index (χ1v) is 12.5. The van der Waals surface area contributed by atoms with E-state index in [4.69, 9.17) is 14.2 Å². The van der Waals surface area contributed by atoms with Crippen LogP contribution in [0.25, 0.3) is 0 Å². The lowest BCUT2D eigenvalue weighted by atomic mass is 9.46. The quantitative estimate of drug-likeness (QED) is 0.314. The summed E-state index contributed by atoms with van der Waals surface area (Å²) in [4.78, 5) is 23.2. The van der Waals surface area contributed by atoms with Crippen LogP contribution < -0.4 is 0 Å². The summed E-state index contributed by atoms with van der Waals surface area (Å²) in [5.74, 6) is 1.97. The molecule has 0 heterocycles. The van der Waals surface area contributed by atoms with Crippen molar-refractivity contribution in [3.8, 4) is 0 Å². The van der Waals surface area contributed by atoms with Crippen molar-refractivity contribution < 1.29 is 23.8 Å². The van der Waals surface area contributed by atoms with Gasteiger partial charge in [0.1, 0.15) is 12.2 Å². The number of methoxy groups -OCH3 is 1. The molecule has 178 valence electrons. The van der Waals surface area contributed by atoms with E-state index in [2.05, 4.69) is 26.0 Å². The van der Waals surface area contributed by atoms with Gasteiger partial charge in [-0.05, 0) is 81.1 Å². The zero-order chi connectivity index (χ0) is 23.1. The minimum absolute atomic E-state index is 0.00586. The molecule has 5 nitrogen and oxygen atoms in total. The maximum atomic E-state index is 11.6. The van der Waals surface area contributed by atoms with E-state index in [1.54, 1.807) is 7.11 Å². The van der Waals surface area contributed by atoms with Crippen LogP contribution in [0.5, 0.6) is 0 Å². The monoisotopic (exact) mass is 444 g/mol. The molecule has 0 amide bonds. The minimum atomic E-state index is -0.184. The number of hydrogen-bond donors (Lipinski definition) is 0. The molecule has 3 fully saturated rings. The van der Waals surface area contributed by atoms with Crippen LogP contribution in [0.15, 0.2) is 24.0 Å². The fourth-order valence-electron chi connectivity index (χ4n) is 8.32. The smallest absolute Gasteiger partial charge is 0.302 e. The average molecular weight is 445 g/mol. The first kappa shape index (κ1) is 23.4. The van der Waals surface area contributed by atoms with Gasteiger partial charge in [-0.1, -0.05) is 18.6 Å². The van der Waals surface area contributed by atoms with Gasteiger partial charge in [0.25, 0.3) is 0 Å². The maximum Gasteiger partial charge on any atom is 0.302 e. The molecule has 4 unspecified atom stereocenters. The van der Waals surface area contributed by atoms with Crippen LogP contribution in [-0.4, -0.2) is 31.3 Å². The molecule has 4 aliphatic rings. The van der Waals surface area contributed by atoms with E-state index in [0.29, 0.717) is 23.7 Å². The Hall–Kier alpha value is -1.78. The van der Waals surface area contributed by atoms with Crippen molar-refractivity contribution in [2.75, 3.05) is 7.11 Å². The Morgan fingerprint density at radius 2 is 1.88 bits per heavy atom. The van der Waals surface area contributed by atoms with Crippen molar-refractivity contribution >= 4 is 11.9 Å². The second-order valence-electron chi connectivity index (χ2n) is 10.9. The predicted octanol–water partition coefficient (Wildman–Crippen LogP) is 5.59. The van der Waals surface area contributed by atoms with Crippen molar-refractivity contribution in [1.29, 1.82) is 0 Å². The topological polar surface area (TPSA) is 61.8 Å². The summed E-state index contributed by atoms with van der Waals surface area (Å²) < 4.78 is 16.7. The minimum Gasteiger partial charge on any atom is -0.505 e. The molecule has 0 aromatic rings. The van der Waals surface area contributed by atoms with Gasteiger partial charge in [0.2, 0.25) is 0 Å². The van der Waals surface area contributed by atoms with Crippen molar-refractivity contribution in [3.63, 3.8) is 0 Å². The van der Waals surface area contributed by atoms with Gasteiger partial charge in [-0.25, -0.2) is 0 Å². The largest absolute Gasteiger partial charge is 0.505 e. The van der Waals surface area contributed by atoms with Gasteiger partial charge in [-0.3, -0.25) is 9.59 Å². The predicted molar refractivity (Wildman–Crippen MR) is 122 cm³/mol. The zero-order valence-corrected chi connectivity index (χ0v) is 20.4. The first-order chi connectivity index (χ1) is 15.2. The Morgan fingerprint density at radius 1 is 1.09 bits per heavy atom. The van der Waals surface area contributed by atoms with Gasteiger partial charge in [0.05, 0.1) is 13.4 Å². The summed E-state index contributed by atoms with van der Waals surface area (Å²) >= 11 is 0. The van der Waals surface area contributed by atoms with E-state index < -0.39 is 0 Å². The molecule has 32 heavy (non-hydrogen) atoms. The highest BCUT2D eigenvalue weighted by atomic mass is 16.5. The van der Waals surface area contributed by atoms with Gasteiger partial charge in [0, 0.05) is 31.6 Å². The summed E-state index contributed by atoms with van der Waals surface area (Å²) in [5, 5.41) is 0. The third-order valence-corrected chi connectivity index (χ3v) is 9.49. The van der Waals surface area contributed by atoms with Crippen LogP contribution in [0.4, 0.5) is 0 Å². The van der Waals surface area contributed by atoms with Crippen LogP contribution >= 0.6 is 0 Å². The van der Waals surface area contributed by atoms with Gasteiger partial charge in [-0.15, -0.1) is 0 Å². The maximum absolute atomic E-state index is 11.6. The molecule has 0 aliphatic heterocycles. The van der Waals surface area contributed by atoms with E-state index in [1.165, 1.54) is 38.7 Å². The molecule has 0 N–H and O–H groups in total. The molecule has 4 aliphatic carbocycles. The summed E-state index contributed by atoms with van der Waals surface area (Å²) in [6.45, 7) is 7.57. The van der Waals surface area contributed by atoms with Crippen LogP contribution in [0, 0.1) is 34.5 Å². The average Bonchev–Trinajstić information content (AvgIpc) is 3.08. The second kappa shape index (κ2) is 8.87. The molecule has 0 saturated heterocycles. The highest BCUT2D eigenvalue weighted by molar-refractivity contribution is 5.66. The number of esters is 2. The van der Waals surface area contributed by atoms with E-state index in [1.807, 2.05) is 6.26 Å². The van der Waals surface area contributed by atoms with Gasteiger partial charge < -0.3 is 14.2 Å². The molecule has 4 rings (SSSR count). The molecule has 8 atom stereocenters. The van der Waals surface area contributed by atoms with Gasteiger partial charge >= 0.3 is 11.9 Å². The normalized spacial score (nSPS) is 41.7. The third kappa shape index (κ3) is 3.90. The van der Waals surface area contributed by atoms with E-state index >= 15 is 0 Å². The van der Waals surface area contributed by atoms with E-state index in [-0.39, 0.29) is 35.0 Å². The number of fused-ring (bicyclic) bond motifs is 5. The number of rotatable bonds is 5. The summed E-state index contributed by atoms with van der Waals surface area (Å²) in [7, 11) is 1.72. The van der Waals surface area contributed by atoms with Crippen molar-refractivity contribution in [2.24, 2.45) is 34.5 Å². The van der Waals surface area contributed by atoms with Crippen LogP contribution in [0.3, 0.4) is 0 Å². The van der Waals surface area contributed by atoms with Crippen LogP contribution in [0.2, 0.25) is 0 Å². The van der Waals surface area contributed by atoms with E-state index in [0.717, 1.165) is 32.1 Å². The van der Waals surface area contributed by atoms with Crippen molar-refractivity contribution in [2.45, 2.75) is 91.3 Å². The lowest BCUT2D eigenvalue weighted by Gasteiger charge is -2.58. The highest BCUT2D eigenvalue weighted by Gasteiger charge is 2.60. The van der Waals surface area contributed by atoms with Crippen molar-refractivity contribution in [1.82, 2.24) is 0 Å². The van der Waals surface area contributed by atoms with Crippen molar-refractivity contribution in [3.05, 3.63) is 24.0 Å². The molecule has 0 aromatic heterocycles. The lowest BCUT2D eigenvalue weighted by molar-refractivity contribution is -0.153. The van der Waals surface area contributed by atoms with Crippen LogP contribution in [-0.2, 0) is 23.8 Å². The zero-order valence-electron chi connectivity index (χ0n) is 20.4. The molecule has 0 spiro atoms. The Bertz CT molecular complexity index is 800. The summed E-state index contributed by atoms with van der Waals surface area (Å²) in [6.07, 6.45) is 15.2. The SMILES string of the molecule is CO/C=C/[C@]12CC[C@H](OC(C)=O)CC1=CCC1C2CC[C@@]2(C)C1CC[C@@H]2C(C)OC(C)=O. The number of hydrogen-bond acceptors (Lipinski definition) is 5. The molecule has 3 saturated carbocycles. The third-order valence-electron chi connectivity index (χ3n) is 9.49. The Balaban J connectivity index is 1.62. The molecule has 0 radical (unpaired) electrons. The number of ether oxygens (including phenoxy) is 3. The van der Waals surface area contributed by atoms with Crippen LogP contribution in [0.1, 0.15) is 79.1 Å². The Kier molecular flexibility index (Phi) is 6.48. The number of carbonyl (C=O) groups excluding carboxylic acids is 2. The second-order valence-corrected chi connectivity index (χ2v) is 10.9. The lowest BCUT2D eigenvalue weighted by Crippen LogP contribution is -2.52. The molecule has 0 aromatic carbocycles. The highest BCUT2D eigenvalue weighted by Crippen LogP contribution is 2.67. The molecule has 0 bridgehead atoms. The standard InChI is InChI=1S/C27H40O5/c1-17(31-18(2)28)23-8-9-24-22-7-6-20-16-21(32-19(3)29)10-13-27(20,14-15-30-5)25(22)11-12-26(23,24)4/h6,14-15,17,21-25H,7-13,16H2,1-5H3/b15-14+/t17?,21-,22?,23+,24?,25?,26+,27+/m0/s1. The molecular weight excluding hydrogens is 404 g/mol. The summed E-state index contributed by atoms with van der Waals surface area (Å²) in [6, 6.07) is 0. The van der Waals surface area contributed by atoms with Gasteiger partial charge in [-0.2, -0.15) is 0 Å². The fourth-order valence-corrected chi connectivity index (χ4v) is 8.32. The summed E-state index contributed by atoms with van der Waals surface area (Å²) in [5.41, 5.74) is 1.68. The first-order valence-electron chi connectivity index (χ1n) is 12.5. The Morgan fingerprint density at radius 3 is 2.56 bits per heavy atom. The Labute approximate surface area is 192 Å². The number of allylic oxidation sites excluding steroid dienone is 2.